The van der Waals surface area contributed by atoms with E-state index in [9.17, 15) is 9.59 Å². The third-order valence-corrected chi connectivity index (χ3v) is 8.18. The van der Waals surface area contributed by atoms with E-state index in [1.54, 1.807) is 24.4 Å². The average molecular weight is 673 g/mol. The summed E-state index contributed by atoms with van der Waals surface area (Å²) in [4.78, 5) is 31.8. The highest BCUT2D eigenvalue weighted by Gasteiger charge is 2.20. The Labute approximate surface area is 293 Å². The maximum absolute atomic E-state index is 14.0. The SMILES string of the molecule is C=CCc1cc(C=Nn2c(-c3cc(C(C)C)c(OCC)cc3C)nc3ccccc3c2=O)cc(OCC)c1OCC(=O)Nc1ccccc1C. The van der Waals surface area contributed by atoms with Crippen LogP contribution in [0.5, 0.6) is 17.2 Å². The van der Waals surface area contributed by atoms with E-state index in [4.69, 9.17) is 24.3 Å². The largest absolute Gasteiger partial charge is 0.494 e. The molecule has 1 N–H and O–H groups in total. The highest BCUT2D eigenvalue weighted by molar-refractivity contribution is 5.92. The van der Waals surface area contributed by atoms with E-state index in [1.807, 2.05) is 88.4 Å². The Morgan fingerprint density at radius 3 is 2.38 bits per heavy atom. The fourth-order valence-electron chi connectivity index (χ4n) is 5.73. The van der Waals surface area contributed by atoms with Gasteiger partial charge in [0.25, 0.3) is 11.5 Å². The minimum atomic E-state index is -0.294. The first-order chi connectivity index (χ1) is 24.1. The number of para-hydroxylation sites is 2. The number of carbonyl (C=O) groups is 1. The Kier molecular flexibility index (Phi) is 11.5. The van der Waals surface area contributed by atoms with Crippen LogP contribution in [0.15, 0.2) is 95.3 Å². The third kappa shape index (κ3) is 7.94. The molecule has 0 aliphatic rings. The number of carbonyl (C=O) groups excluding carboxylic acids is 1. The molecule has 0 aliphatic carbocycles. The number of benzene rings is 4. The Morgan fingerprint density at radius 2 is 1.66 bits per heavy atom. The number of anilines is 1. The van der Waals surface area contributed by atoms with Crippen LogP contribution in [0.25, 0.3) is 22.3 Å². The van der Waals surface area contributed by atoms with E-state index in [2.05, 4.69) is 25.7 Å². The first kappa shape index (κ1) is 35.6. The van der Waals surface area contributed by atoms with Gasteiger partial charge < -0.3 is 19.5 Å². The van der Waals surface area contributed by atoms with Crippen molar-refractivity contribution in [1.29, 1.82) is 0 Å². The van der Waals surface area contributed by atoms with Crippen LogP contribution in [0.2, 0.25) is 0 Å². The molecule has 0 spiro atoms. The standard InChI is InChI=1S/C41H44N4O5/c1-8-15-30-21-29(22-37(49-10-3)39(30)50-25-38(46)43-34-18-13-11-16-27(34)6)24-42-45-40(44-35-19-14-12-17-31(35)41(45)47)33-23-32(26(4)5)36(48-9-2)20-28(33)7/h8,11-14,16-24,26H,1,9-10,15,25H2,2-7H3,(H,43,46). The lowest BCUT2D eigenvalue weighted by molar-refractivity contribution is -0.118. The van der Waals surface area contributed by atoms with Crippen molar-refractivity contribution >= 4 is 28.7 Å². The molecule has 0 aliphatic heterocycles. The molecule has 50 heavy (non-hydrogen) atoms. The van der Waals surface area contributed by atoms with Gasteiger partial charge in [0.05, 0.1) is 30.3 Å². The average Bonchev–Trinajstić information content (AvgIpc) is 3.09. The Hall–Kier alpha value is -5.70. The van der Waals surface area contributed by atoms with Crippen LogP contribution in [0.4, 0.5) is 5.69 Å². The van der Waals surface area contributed by atoms with E-state index >= 15 is 0 Å². The molecule has 0 saturated heterocycles. The summed E-state index contributed by atoms with van der Waals surface area (Å²) in [5, 5.41) is 8.09. The summed E-state index contributed by atoms with van der Waals surface area (Å²) in [6.07, 6.45) is 3.81. The van der Waals surface area contributed by atoms with Crippen LogP contribution >= 0.6 is 0 Å². The van der Waals surface area contributed by atoms with Gasteiger partial charge >= 0.3 is 0 Å². The second-order valence-corrected chi connectivity index (χ2v) is 12.2. The van der Waals surface area contributed by atoms with Crippen LogP contribution in [0, 0.1) is 13.8 Å². The molecule has 5 aromatic rings. The van der Waals surface area contributed by atoms with Crippen molar-refractivity contribution in [1.82, 2.24) is 9.66 Å². The minimum Gasteiger partial charge on any atom is -0.494 e. The number of allylic oxidation sites excluding steroid dienone is 1. The molecule has 4 aromatic carbocycles. The van der Waals surface area contributed by atoms with Gasteiger partial charge in [-0.3, -0.25) is 9.59 Å². The number of nitrogens with one attached hydrogen (secondary N) is 1. The number of amides is 1. The van der Waals surface area contributed by atoms with Gasteiger partial charge in [-0.15, -0.1) is 6.58 Å². The first-order valence-corrected chi connectivity index (χ1v) is 16.9. The predicted molar refractivity (Wildman–Crippen MR) is 201 cm³/mol. The third-order valence-electron chi connectivity index (χ3n) is 8.18. The van der Waals surface area contributed by atoms with E-state index in [-0.39, 0.29) is 24.0 Å². The molecule has 1 heterocycles. The lowest BCUT2D eigenvalue weighted by Crippen LogP contribution is -2.21. The molecule has 0 saturated carbocycles. The van der Waals surface area contributed by atoms with Crippen LogP contribution in [-0.2, 0) is 11.2 Å². The van der Waals surface area contributed by atoms with Crippen LogP contribution in [0.3, 0.4) is 0 Å². The summed E-state index contributed by atoms with van der Waals surface area (Å²) < 4.78 is 19.4. The zero-order valence-electron chi connectivity index (χ0n) is 29.6. The molecule has 258 valence electrons. The number of fused-ring (bicyclic) bond motifs is 1. The maximum atomic E-state index is 14.0. The quantitative estimate of drug-likeness (QED) is 0.0942. The minimum absolute atomic E-state index is 0.176. The van der Waals surface area contributed by atoms with Gasteiger partial charge in [-0.25, -0.2) is 4.98 Å². The molecule has 1 aromatic heterocycles. The normalized spacial score (nSPS) is 11.3. The number of rotatable bonds is 14. The summed E-state index contributed by atoms with van der Waals surface area (Å²) in [5.41, 5.74) is 6.09. The van der Waals surface area contributed by atoms with Crippen molar-refractivity contribution in [2.75, 3.05) is 25.1 Å². The molecule has 0 radical (unpaired) electrons. The Balaban J connectivity index is 1.57. The van der Waals surface area contributed by atoms with Gasteiger partial charge in [-0.05, 0) is 105 Å². The maximum Gasteiger partial charge on any atom is 0.282 e. The Bertz CT molecular complexity index is 2120. The van der Waals surface area contributed by atoms with Gasteiger partial charge in [0.1, 0.15) is 5.75 Å². The summed E-state index contributed by atoms with van der Waals surface area (Å²) in [6.45, 7) is 16.6. The summed E-state index contributed by atoms with van der Waals surface area (Å²) >= 11 is 0. The highest BCUT2D eigenvalue weighted by Crippen LogP contribution is 2.35. The summed E-state index contributed by atoms with van der Waals surface area (Å²) in [7, 11) is 0. The van der Waals surface area contributed by atoms with E-state index in [0.717, 1.165) is 39.3 Å². The van der Waals surface area contributed by atoms with Gasteiger partial charge in [0, 0.05) is 16.8 Å². The molecule has 5 rings (SSSR count). The van der Waals surface area contributed by atoms with Crippen molar-refractivity contribution in [3.63, 3.8) is 0 Å². The van der Waals surface area contributed by atoms with E-state index in [0.29, 0.717) is 53.4 Å². The number of hydrogen-bond donors (Lipinski definition) is 1. The van der Waals surface area contributed by atoms with E-state index in [1.165, 1.54) is 4.68 Å². The molecule has 0 fully saturated rings. The summed E-state index contributed by atoms with van der Waals surface area (Å²) in [6, 6.07) is 22.5. The zero-order chi connectivity index (χ0) is 35.8. The number of aromatic nitrogens is 2. The van der Waals surface area contributed by atoms with Crippen molar-refractivity contribution in [3.8, 4) is 28.6 Å². The predicted octanol–water partition coefficient (Wildman–Crippen LogP) is 8.23. The van der Waals surface area contributed by atoms with Crippen molar-refractivity contribution < 1.29 is 19.0 Å². The van der Waals surface area contributed by atoms with Gasteiger partial charge in [-0.2, -0.15) is 9.78 Å². The van der Waals surface area contributed by atoms with Crippen molar-refractivity contribution in [2.45, 2.75) is 53.9 Å². The summed E-state index contributed by atoms with van der Waals surface area (Å²) in [5.74, 6) is 2.01. The molecule has 0 unspecified atom stereocenters. The fraction of sp³-hybridized carbons (Fsp3) is 0.268. The molecular formula is C41H44N4O5. The van der Waals surface area contributed by atoms with Crippen molar-refractivity contribution in [3.05, 3.63) is 124 Å². The molecule has 0 bridgehead atoms. The zero-order valence-corrected chi connectivity index (χ0v) is 29.6. The van der Waals surface area contributed by atoms with Gasteiger partial charge in [-0.1, -0.05) is 50.3 Å². The number of aryl methyl sites for hydroxylation is 2. The van der Waals surface area contributed by atoms with Crippen molar-refractivity contribution in [2.24, 2.45) is 5.10 Å². The smallest absolute Gasteiger partial charge is 0.282 e. The van der Waals surface area contributed by atoms with Gasteiger partial charge in [0.15, 0.2) is 23.9 Å². The second-order valence-electron chi connectivity index (χ2n) is 12.2. The van der Waals surface area contributed by atoms with Crippen LogP contribution < -0.4 is 25.1 Å². The molecule has 0 atom stereocenters. The molecular weight excluding hydrogens is 628 g/mol. The lowest BCUT2D eigenvalue weighted by Gasteiger charge is -2.18. The molecule has 9 heteroatoms. The molecule has 9 nitrogen and oxygen atoms in total. The fourth-order valence-corrected chi connectivity index (χ4v) is 5.73. The topological polar surface area (TPSA) is 104 Å². The number of nitrogens with zero attached hydrogens (tertiary/aromatic N) is 3. The highest BCUT2D eigenvalue weighted by atomic mass is 16.5. The van der Waals surface area contributed by atoms with E-state index < -0.39 is 0 Å². The molecule has 1 amide bonds. The lowest BCUT2D eigenvalue weighted by atomic mass is 9.96. The monoisotopic (exact) mass is 672 g/mol. The number of ether oxygens (including phenoxy) is 3. The second kappa shape index (κ2) is 16.1. The Morgan fingerprint density at radius 1 is 0.940 bits per heavy atom. The van der Waals surface area contributed by atoms with Gasteiger partial charge in [0.2, 0.25) is 0 Å². The van der Waals surface area contributed by atoms with Crippen LogP contribution in [0.1, 0.15) is 61.4 Å². The number of hydrogen-bond acceptors (Lipinski definition) is 7. The van der Waals surface area contributed by atoms with Crippen LogP contribution in [-0.4, -0.2) is 41.6 Å². The first-order valence-electron chi connectivity index (χ1n) is 16.9.